The maximum atomic E-state index is 12.4. The fourth-order valence-electron chi connectivity index (χ4n) is 3.47. The summed E-state index contributed by atoms with van der Waals surface area (Å²) in [7, 11) is -4.75. The second kappa shape index (κ2) is 6.20. The van der Waals surface area contributed by atoms with Crippen LogP contribution >= 0.6 is 0 Å². The second-order valence-electron chi connectivity index (χ2n) is 6.61. The van der Waals surface area contributed by atoms with E-state index in [9.17, 15) is 13.2 Å². The number of hydroxylamine groups is 2. The van der Waals surface area contributed by atoms with Gasteiger partial charge in [0.05, 0.1) is 6.04 Å². The number of aromatic nitrogens is 2. The van der Waals surface area contributed by atoms with Gasteiger partial charge in [-0.3, -0.25) is 4.55 Å². The number of fused-ring (bicyclic) bond motifs is 2. The van der Waals surface area contributed by atoms with Crippen LogP contribution in [0.25, 0.3) is 0 Å². The van der Waals surface area contributed by atoms with Crippen LogP contribution in [-0.4, -0.2) is 64.8 Å². The van der Waals surface area contributed by atoms with Crippen LogP contribution in [0.3, 0.4) is 0 Å². The molecule has 2 bridgehead atoms. The highest BCUT2D eigenvalue weighted by atomic mass is 32.3. The number of carbonyl (C=O) groups excluding carboxylic acids is 1. The number of aryl methyl sites for hydroxylation is 1. The Morgan fingerprint density at radius 2 is 2.12 bits per heavy atom. The molecule has 0 unspecified atom stereocenters. The molecule has 2 amide bonds. The zero-order valence-electron chi connectivity index (χ0n) is 13.4. The minimum absolute atomic E-state index is 0.282. The quantitative estimate of drug-likeness (QED) is 0.654. The van der Waals surface area contributed by atoms with E-state index in [0.717, 1.165) is 19.5 Å². The average Bonchev–Trinajstić information content (AvgIpc) is 3.05. The Morgan fingerprint density at radius 3 is 2.80 bits per heavy atom. The molecular formula is C13H19N5O6S. The van der Waals surface area contributed by atoms with Gasteiger partial charge in [-0.15, -0.1) is 14.5 Å². The first-order chi connectivity index (χ1) is 11.9. The van der Waals surface area contributed by atoms with Gasteiger partial charge in [0.15, 0.2) is 0 Å². The zero-order valence-corrected chi connectivity index (χ0v) is 14.2. The number of hydrogen-bond acceptors (Lipinski definition) is 8. The Bertz CT molecular complexity index is 763. The van der Waals surface area contributed by atoms with Crippen LogP contribution in [0.4, 0.5) is 4.79 Å². The number of amides is 2. The fourth-order valence-corrected chi connectivity index (χ4v) is 3.86. The highest BCUT2D eigenvalue weighted by Gasteiger charge is 2.49. The monoisotopic (exact) mass is 373 g/mol. The van der Waals surface area contributed by atoms with Gasteiger partial charge >= 0.3 is 16.4 Å². The number of piperidine rings is 1. The zero-order chi connectivity index (χ0) is 17.6. The highest BCUT2D eigenvalue weighted by Crippen LogP contribution is 2.38. The number of rotatable bonds is 6. The molecule has 0 aromatic carbocycles. The lowest BCUT2D eigenvalue weighted by Crippen LogP contribution is -2.42. The first-order valence-corrected chi connectivity index (χ1v) is 9.57. The van der Waals surface area contributed by atoms with Crippen LogP contribution in [0.1, 0.15) is 37.1 Å². The van der Waals surface area contributed by atoms with Gasteiger partial charge < -0.3 is 14.6 Å². The SMILES string of the molecule is O=C1N2C[C@@H](CC[C@H]2c2nnc(CCC3CNC3)o2)N1OS(=O)(=O)O. The summed E-state index contributed by atoms with van der Waals surface area (Å²) in [5.41, 5.74) is 0. The lowest BCUT2D eigenvalue weighted by Gasteiger charge is -2.27. The lowest BCUT2D eigenvalue weighted by atomic mass is 9.98. The van der Waals surface area contributed by atoms with Crippen molar-refractivity contribution in [2.75, 3.05) is 19.6 Å². The number of nitrogens with one attached hydrogen (secondary N) is 1. The van der Waals surface area contributed by atoms with Crippen LogP contribution < -0.4 is 5.32 Å². The van der Waals surface area contributed by atoms with Gasteiger partial charge in [0.25, 0.3) is 0 Å². The summed E-state index contributed by atoms with van der Waals surface area (Å²) in [6, 6.07) is -1.48. The summed E-state index contributed by atoms with van der Waals surface area (Å²) < 4.78 is 40.7. The van der Waals surface area contributed by atoms with E-state index in [-0.39, 0.29) is 6.54 Å². The standard InChI is InChI=1S/C13H19N5O6S/c19-13-17-7-9(18(13)24-25(20,21)22)2-3-10(17)12-16-15-11(23-12)4-1-8-5-14-6-8/h8-10,14H,1-7H2,(H,20,21,22)/t9-,10+/m1/s1. The number of nitrogens with zero attached hydrogens (tertiary/aromatic N) is 4. The Hall–Kier alpha value is -1.76. The van der Waals surface area contributed by atoms with Crippen LogP contribution in [0.5, 0.6) is 0 Å². The molecule has 0 radical (unpaired) electrons. The molecule has 1 aromatic heterocycles. The normalized spacial score (nSPS) is 27.0. The van der Waals surface area contributed by atoms with Crippen molar-refractivity contribution in [3.63, 3.8) is 0 Å². The van der Waals surface area contributed by atoms with Crippen molar-refractivity contribution < 1.29 is 26.5 Å². The number of hydrogen-bond donors (Lipinski definition) is 2. The van der Waals surface area contributed by atoms with Crippen molar-refractivity contribution in [2.45, 2.75) is 37.8 Å². The van der Waals surface area contributed by atoms with E-state index in [2.05, 4.69) is 19.8 Å². The maximum Gasteiger partial charge on any atom is 0.418 e. The molecule has 1 aromatic rings. The Kier molecular flexibility index (Phi) is 4.14. The van der Waals surface area contributed by atoms with Crippen molar-refractivity contribution in [1.82, 2.24) is 25.5 Å². The molecular weight excluding hydrogens is 354 g/mol. The van der Waals surface area contributed by atoms with E-state index in [1.54, 1.807) is 0 Å². The molecule has 3 aliphatic rings. The lowest BCUT2D eigenvalue weighted by molar-refractivity contribution is -0.0317. The summed E-state index contributed by atoms with van der Waals surface area (Å²) in [6.45, 7) is 2.30. The molecule has 2 atom stereocenters. The molecule has 12 heteroatoms. The molecule has 3 aliphatic heterocycles. The van der Waals surface area contributed by atoms with Gasteiger partial charge in [-0.1, -0.05) is 0 Å². The first kappa shape index (κ1) is 16.7. The number of carbonyl (C=O) groups is 1. The fraction of sp³-hybridized carbons (Fsp3) is 0.769. The molecule has 3 fully saturated rings. The third-order valence-electron chi connectivity index (χ3n) is 4.90. The smallest absolute Gasteiger partial charge is 0.418 e. The van der Waals surface area contributed by atoms with Crippen molar-refractivity contribution in [2.24, 2.45) is 5.92 Å². The van der Waals surface area contributed by atoms with Crippen molar-refractivity contribution in [3.05, 3.63) is 11.8 Å². The molecule has 4 heterocycles. The van der Waals surface area contributed by atoms with Gasteiger partial charge in [-0.2, -0.15) is 13.5 Å². The van der Waals surface area contributed by atoms with Crippen LogP contribution in [0.2, 0.25) is 0 Å². The molecule has 138 valence electrons. The van der Waals surface area contributed by atoms with Crippen molar-refractivity contribution in [1.29, 1.82) is 0 Å². The molecule has 0 aliphatic carbocycles. The van der Waals surface area contributed by atoms with Gasteiger partial charge in [0.2, 0.25) is 11.8 Å². The summed E-state index contributed by atoms with van der Waals surface area (Å²) in [6.07, 6.45) is 2.73. The average molecular weight is 373 g/mol. The molecule has 11 nitrogen and oxygen atoms in total. The molecule has 25 heavy (non-hydrogen) atoms. The Morgan fingerprint density at radius 1 is 1.32 bits per heavy atom. The van der Waals surface area contributed by atoms with E-state index in [4.69, 9.17) is 8.97 Å². The maximum absolute atomic E-state index is 12.4. The molecule has 0 spiro atoms. The van der Waals surface area contributed by atoms with Crippen LogP contribution in [-0.2, 0) is 21.1 Å². The largest absolute Gasteiger partial charge is 0.423 e. The first-order valence-electron chi connectivity index (χ1n) is 8.20. The molecule has 4 rings (SSSR count). The minimum atomic E-state index is -4.75. The van der Waals surface area contributed by atoms with E-state index < -0.39 is 28.5 Å². The Labute approximate surface area is 144 Å². The van der Waals surface area contributed by atoms with E-state index in [0.29, 0.717) is 42.0 Å². The van der Waals surface area contributed by atoms with Crippen molar-refractivity contribution in [3.8, 4) is 0 Å². The van der Waals surface area contributed by atoms with Gasteiger partial charge in [-0.25, -0.2) is 4.79 Å². The third kappa shape index (κ3) is 3.34. The minimum Gasteiger partial charge on any atom is -0.423 e. The summed E-state index contributed by atoms with van der Waals surface area (Å²) in [4.78, 5) is 13.8. The summed E-state index contributed by atoms with van der Waals surface area (Å²) in [5.74, 6) is 1.53. The number of urea groups is 1. The van der Waals surface area contributed by atoms with E-state index >= 15 is 0 Å². The van der Waals surface area contributed by atoms with E-state index in [1.165, 1.54) is 4.90 Å². The second-order valence-corrected chi connectivity index (χ2v) is 7.61. The summed E-state index contributed by atoms with van der Waals surface area (Å²) in [5, 5.41) is 12.0. The van der Waals surface area contributed by atoms with Crippen LogP contribution in [0.15, 0.2) is 4.42 Å². The predicted octanol–water partition coefficient (Wildman–Crippen LogP) is -0.103. The van der Waals surface area contributed by atoms with E-state index in [1.807, 2.05) is 0 Å². The topological polar surface area (TPSA) is 138 Å². The molecule has 3 saturated heterocycles. The van der Waals surface area contributed by atoms with Gasteiger partial charge in [0.1, 0.15) is 6.04 Å². The van der Waals surface area contributed by atoms with Crippen LogP contribution in [0, 0.1) is 5.92 Å². The summed E-state index contributed by atoms with van der Waals surface area (Å²) >= 11 is 0. The third-order valence-corrected chi connectivity index (χ3v) is 5.25. The molecule has 0 saturated carbocycles. The van der Waals surface area contributed by atoms with Crippen molar-refractivity contribution >= 4 is 16.4 Å². The highest BCUT2D eigenvalue weighted by molar-refractivity contribution is 7.80. The Balaban J connectivity index is 1.43. The van der Waals surface area contributed by atoms with Gasteiger partial charge in [0, 0.05) is 13.0 Å². The molecule has 2 N–H and O–H groups in total. The predicted molar refractivity (Wildman–Crippen MR) is 81.3 cm³/mol. The van der Waals surface area contributed by atoms with Gasteiger partial charge in [-0.05, 0) is 38.3 Å².